The molecule has 0 atom stereocenters. The van der Waals surface area contributed by atoms with Crippen molar-refractivity contribution >= 4 is 28.6 Å². The summed E-state index contributed by atoms with van der Waals surface area (Å²) in [4.78, 5) is 10.3. The SMILES string of the molecule is C/C=C/C(=O)OCI. The van der Waals surface area contributed by atoms with Gasteiger partial charge in [-0.05, 0) is 29.5 Å². The van der Waals surface area contributed by atoms with Gasteiger partial charge in [0.2, 0.25) is 0 Å². The number of hydrogen-bond acceptors (Lipinski definition) is 2. The summed E-state index contributed by atoms with van der Waals surface area (Å²) in [7, 11) is 0. The van der Waals surface area contributed by atoms with Crippen molar-refractivity contribution < 1.29 is 9.53 Å². The summed E-state index contributed by atoms with van der Waals surface area (Å²) in [6.07, 6.45) is 3.04. The second-order valence-electron chi connectivity index (χ2n) is 1.07. The van der Waals surface area contributed by atoms with Crippen molar-refractivity contribution in [1.29, 1.82) is 0 Å². The summed E-state index contributed by atoms with van der Waals surface area (Å²) < 4.78 is 4.96. The standard InChI is InChI=1S/C5H7IO2/c1-2-3-5(7)8-4-6/h2-3H,4H2,1H3/b3-2+. The molecule has 0 spiro atoms. The molecular weight excluding hydrogens is 219 g/mol. The van der Waals surface area contributed by atoms with E-state index < -0.39 is 0 Å². The van der Waals surface area contributed by atoms with E-state index in [4.69, 9.17) is 0 Å². The first-order valence-electron chi connectivity index (χ1n) is 2.16. The number of halogens is 1. The van der Waals surface area contributed by atoms with Gasteiger partial charge < -0.3 is 4.74 Å². The Kier molecular flexibility index (Phi) is 5.05. The molecule has 46 valence electrons. The first-order valence-corrected chi connectivity index (χ1v) is 3.69. The number of carbonyl (C=O) groups is 1. The second kappa shape index (κ2) is 5.08. The van der Waals surface area contributed by atoms with Gasteiger partial charge in [0.25, 0.3) is 0 Å². The lowest BCUT2D eigenvalue weighted by atomic mass is 10.5. The molecule has 8 heavy (non-hydrogen) atoms. The van der Waals surface area contributed by atoms with Crippen molar-refractivity contribution in [2.45, 2.75) is 6.92 Å². The maximum atomic E-state index is 10.3. The maximum Gasteiger partial charge on any atom is 0.331 e. The molecule has 2 nitrogen and oxygen atoms in total. The van der Waals surface area contributed by atoms with Crippen LogP contribution in [0.2, 0.25) is 0 Å². The third-order valence-corrected chi connectivity index (χ3v) is 0.811. The number of alkyl halides is 1. The van der Waals surface area contributed by atoms with Crippen LogP contribution in [0.4, 0.5) is 0 Å². The van der Waals surface area contributed by atoms with Gasteiger partial charge in [0.05, 0.1) is 0 Å². The Morgan fingerprint density at radius 1 is 1.88 bits per heavy atom. The molecule has 0 N–H and O–H groups in total. The fourth-order valence-electron chi connectivity index (χ4n) is 0.238. The average Bonchev–Trinajstić information content (AvgIpc) is 1.68. The summed E-state index contributed by atoms with van der Waals surface area (Å²) in [5.74, 6) is -0.276. The van der Waals surface area contributed by atoms with Crippen molar-refractivity contribution in [3.63, 3.8) is 0 Å². The zero-order valence-corrected chi connectivity index (χ0v) is 6.71. The van der Waals surface area contributed by atoms with Gasteiger partial charge in [-0.25, -0.2) is 4.79 Å². The molecule has 0 fully saturated rings. The molecule has 0 bridgehead atoms. The Hall–Kier alpha value is -0.0600. The average molecular weight is 226 g/mol. The summed E-state index contributed by atoms with van der Waals surface area (Å²) in [6, 6.07) is 0. The van der Waals surface area contributed by atoms with Crippen LogP contribution >= 0.6 is 22.6 Å². The van der Waals surface area contributed by atoms with Gasteiger partial charge in [-0.1, -0.05) is 6.08 Å². The quantitative estimate of drug-likeness (QED) is 0.308. The number of esters is 1. The molecule has 0 amide bonds. The van der Waals surface area contributed by atoms with E-state index in [1.54, 1.807) is 13.0 Å². The lowest BCUT2D eigenvalue weighted by Crippen LogP contribution is -1.96. The Morgan fingerprint density at radius 3 is 2.88 bits per heavy atom. The number of allylic oxidation sites excluding steroid dienone is 1. The number of ether oxygens (including phenoxy) is 1. The first-order chi connectivity index (χ1) is 3.81. The molecule has 0 rings (SSSR count). The van der Waals surface area contributed by atoms with Gasteiger partial charge in [-0.15, -0.1) is 0 Å². The van der Waals surface area contributed by atoms with E-state index in [2.05, 4.69) is 4.74 Å². The van der Waals surface area contributed by atoms with Gasteiger partial charge in [-0.3, -0.25) is 0 Å². The van der Waals surface area contributed by atoms with E-state index in [0.29, 0.717) is 4.61 Å². The molecule has 0 saturated heterocycles. The fraction of sp³-hybridized carbons (Fsp3) is 0.400. The van der Waals surface area contributed by atoms with E-state index in [9.17, 15) is 4.79 Å². The second-order valence-corrected chi connectivity index (χ2v) is 1.70. The Bertz CT molecular complexity index is 98.6. The monoisotopic (exact) mass is 226 g/mol. The molecule has 0 saturated carbocycles. The molecule has 0 unspecified atom stereocenters. The first kappa shape index (κ1) is 7.94. The van der Waals surface area contributed by atoms with Crippen molar-refractivity contribution in [2.75, 3.05) is 4.61 Å². The van der Waals surface area contributed by atoms with Gasteiger partial charge in [0, 0.05) is 6.08 Å². The number of rotatable bonds is 2. The minimum Gasteiger partial charge on any atom is -0.452 e. The highest BCUT2D eigenvalue weighted by Gasteiger charge is 1.89. The zero-order chi connectivity index (χ0) is 6.41. The highest BCUT2D eigenvalue weighted by molar-refractivity contribution is 14.1. The molecule has 0 aromatic rings. The number of carbonyl (C=O) groups excluding carboxylic acids is 1. The van der Waals surface area contributed by atoms with Gasteiger partial charge >= 0.3 is 5.97 Å². The molecule has 3 heteroatoms. The third kappa shape index (κ3) is 4.11. The van der Waals surface area contributed by atoms with Crippen LogP contribution < -0.4 is 0 Å². The highest BCUT2D eigenvalue weighted by atomic mass is 127. The molecule has 0 aliphatic carbocycles. The molecule has 0 aromatic heterocycles. The highest BCUT2D eigenvalue weighted by Crippen LogP contribution is 1.85. The van der Waals surface area contributed by atoms with Crippen LogP contribution in [0.3, 0.4) is 0 Å². The Labute approximate surface area is 62.0 Å². The van der Waals surface area contributed by atoms with Gasteiger partial charge in [0.1, 0.15) is 4.61 Å². The van der Waals surface area contributed by atoms with Crippen molar-refractivity contribution in [3.8, 4) is 0 Å². The van der Waals surface area contributed by atoms with Gasteiger partial charge in [-0.2, -0.15) is 0 Å². The normalized spacial score (nSPS) is 9.75. The largest absolute Gasteiger partial charge is 0.452 e. The Balaban J connectivity index is 3.33. The van der Waals surface area contributed by atoms with Gasteiger partial charge in [0.15, 0.2) is 0 Å². The number of hydrogen-bond donors (Lipinski definition) is 0. The predicted molar refractivity (Wildman–Crippen MR) is 39.8 cm³/mol. The fourth-order valence-corrected chi connectivity index (χ4v) is 0.545. The molecule has 0 radical (unpaired) electrons. The molecule has 0 aliphatic heterocycles. The smallest absolute Gasteiger partial charge is 0.331 e. The summed E-state index contributed by atoms with van der Waals surface area (Å²) in [5.41, 5.74) is 0. The van der Waals surface area contributed by atoms with Crippen molar-refractivity contribution in [1.82, 2.24) is 0 Å². The van der Waals surface area contributed by atoms with E-state index in [-0.39, 0.29) is 5.97 Å². The van der Waals surface area contributed by atoms with Crippen molar-refractivity contribution in [3.05, 3.63) is 12.2 Å². The van der Waals surface area contributed by atoms with Crippen LogP contribution in [0, 0.1) is 0 Å². The summed E-state index contributed by atoms with van der Waals surface area (Å²) in [5, 5.41) is 0. The van der Waals surface area contributed by atoms with Crippen LogP contribution in [-0.4, -0.2) is 10.6 Å². The molecular formula is C5H7IO2. The minimum atomic E-state index is -0.276. The lowest BCUT2D eigenvalue weighted by molar-refractivity contribution is -0.135. The van der Waals surface area contributed by atoms with Crippen LogP contribution in [0.15, 0.2) is 12.2 Å². The van der Waals surface area contributed by atoms with Crippen LogP contribution in [0.25, 0.3) is 0 Å². The van der Waals surface area contributed by atoms with E-state index >= 15 is 0 Å². The van der Waals surface area contributed by atoms with E-state index in [1.165, 1.54) is 6.08 Å². The minimum absolute atomic E-state index is 0.276. The molecule has 0 aliphatic rings. The topological polar surface area (TPSA) is 26.3 Å². The summed E-state index contributed by atoms with van der Waals surface area (Å²) in [6.45, 7) is 1.77. The summed E-state index contributed by atoms with van der Waals surface area (Å²) >= 11 is 1.97. The maximum absolute atomic E-state index is 10.3. The van der Waals surface area contributed by atoms with E-state index in [0.717, 1.165) is 0 Å². The Morgan fingerprint density at radius 2 is 2.50 bits per heavy atom. The lowest BCUT2D eigenvalue weighted by Gasteiger charge is -1.90. The van der Waals surface area contributed by atoms with Crippen LogP contribution in [-0.2, 0) is 9.53 Å². The van der Waals surface area contributed by atoms with Crippen molar-refractivity contribution in [2.24, 2.45) is 0 Å². The zero-order valence-electron chi connectivity index (χ0n) is 4.56. The third-order valence-electron chi connectivity index (χ3n) is 0.500. The molecule has 0 heterocycles. The van der Waals surface area contributed by atoms with Crippen LogP contribution in [0.5, 0.6) is 0 Å². The predicted octanol–water partition coefficient (Wildman–Crippen LogP) is 1.50. The molecule has 0 aromatic carbocycles. The van der Waals surface area contributed by atoms with Crippen LogP contribution in [0.1, 0.15) is 6.92 Å². The van der Waals surface area contributed by atoms with E-state index in [1.807, 2.05) is 22.6 Å².